The maximum Gasteiger partial charge on any atom is 0.124 e. The Bertz CT molecular complexity index is 604. The lowest BCUT2D eigenvalue weighted by Crippen LogP contribution is -2.14. The number of hydrogen-bond acceptors (Lipinski definition) is 1. The molecule has 19 heavy (non-hydrogen) atoms. The summed E-state index contributed by atoms with van der Waals surface area (Å²) >= 11 is 9.24. The summed E-state index contributed by atoms with van der Waals surface area (Å²) in [6, 6.07) is 8.19. The second-order valence-corrected chi connectivity index (χ2v) is 5.47. The molecule has 1 atom stereocenters. The first-order valence-electron chi connectivity index (χ1n) is 5.62. The average Bonchev–Trinajstić information content (AvgIpc) is 2.32. The highest BCUT2D eigenvalue weighted by Gasteiger charge is 2.13. The molecule has 1 nitrogen and oxygen atoms in total. The molecule has 5 heteroatoms. The van der Waals surface area contributed by atoms with Crippen LogP contribution in [0.25, 0.3) is 0 Å². The molecule has 0 aliphatic rings. The van der Waals surface area contributed by atoms with Gasteiger partial charge in [-0.25, -0.2) is 8.78 Å². The summed E-state index contributed by atoms with van der Waals surface area (Å²) in [6.07, 6.45) is 0.448. The molecule has 0 saturated carbocycles. The van der Waals surface area contributed by atoms with Crippen molar-refractivity contribution in [3.8, 4) is 0 Å². The summed E-state index contributed by atoms with van der Waals surface area (Å²) < 4.78 is 26.6. The minimum Gasteiger partial charge on any atom is -0.324 e. The molecule has 0 amide bonds. The van der Waals surface area contributed by atoms with Gasteiger partial charge in [0.15, 0.2) is 0 Å². The van der Waals surface area contributed by atoms with Crippen molar-refractivity contribution in [2.75, 3.05) is 0 Å². The molecular formula is C14H11BrClF2N. The fourth-order valence-electron chi connectivity index (χ4n) is 1.84. The van der Waals surface area contributed by atoms with E-state index in [1.165, 1.54) is 24.3 Å². The Morgan fingerprint density at radius 2 is 1.74 bits per heavy atom. The van der Waals surface area contributed by atoms with Gasteiger partial charge in [-0.05, 0) is 41.8 Å². The number of nitrogens with two attached hydrogens (primary N) is 1. The third-order valence-corrected chi connectivity index (χ3v) is 3.86. The smallest absolute Gasteiger partial charge is 0.124 e. The molecule has 100 valence electrons. The van der Waals surface area contributed by atoms with Gasteiger partial charge in [-0.3, -0.25) is 0 Å². The lowest BCUT2D eigenvalue weighted by Gasteiger charge is -2.15. The Kier molecular flexibility index (Phi) is 4.55. The van der Waals surface area contributed by atoms with Gasteiger partial charge in [0, 0.05) is 15.5 Å². The summed E-state index contributed by atoms with van der Waals surface area (Å²) in [5.41, 5.74) is 7.62. The van der Waals surface area contributed by atoms with Crippen molar-refractivity contribution >= 4 is 27.5 Å². The normalized spacial score (nSPS) is 12.5. The first-order chi connectivity index (χ1) is 8.97. The Morgan fingerprint density at radius 1 is 1.11 bits per heavy atom. The molecule has 0 aliphatic heterocycles. The molecule has 0 fully saturated rings. The number of halogens is 4. The van der Waals surface area contributed by atoms with Crippen LogP contribution in [0.3, 0.4) is 0 Å². The summed E-state index contributed by atoms with van der Waals surface area (Å²) in [5.74, 6) is -0.715. The molecule has 0 radical (unpaired) electrons. The zero-order valence-electron chi connectivity index (χ0n) is 9.84. The van der Waals surface area contributed by atoms with Crippen molar-refractivity contribution in [3.63, 3.8) is 0 Å². The highest BCUT2D eigenvalue weighted by Crippen LogP contribution is 2.27. The van der Waals surface area contributed by atoms with E-state index in [-0.39, 0.29) is 17.7 Å². The second-order valence-electron chi connectivity index (χ2n) is 4.21. The van der Waals surface area contributed by atoms with Crippen LogP contribution in [0, 0.1) is 11.6 Å². The standard InChI is InChI=1S/C14H11BrClF2N/c15-12-6-9(17)3-4-11(12)14(19)5-8-1-2-10(18)7-13(8)16/h1-4,6-7,14H,5,19H2. The monoisotopic (exact) mass is 345 g/mol. The van der Waals surface area contributed by atoms with E-state index in [9.17, 15) is 8.78 Å². The second kappa shape index (κ2) is 5.99. The van der Waals surface area contributed by atoms with Crippen molar-refractivity contribution < 1.29 is 8.78 Å². The number of benzene rings is 2. The quantitative estimate of drug-likeness (QED) is 0.862. The predicted molar refractivity (Wildman–Crippen MR) is 76.1 cm³/mol. The maximum atomic E-state index is 13.0. The molecule has 0 aromatic heterocycles. The van der Waals surface area contributed by atoms with Gasteiger partial charge < -0.3 is 5.73 Å². The van der Waals surface area contributed by atoms with Crippen LogP contribution in [-0.4, -0.2) is 0 Å². The maximum absolute atomic E-state index is 13.0. The SMILES string of the molecule is NC(Cc1ccc(F)cc1Cl)c1ccc(F)cc1Br. The third kappa shape index (κ3) is 3.53. The van der Waals surface area contributed by atoms with Crippen LogP contribution in [0.15, 0.2) is 40.9 Å². The molecule has 0 aliphatic carbocycles. The van der Waals surface area contributed by atoms with E-state index in [0.29, 0.717) is 15.9 Å². The van der Waals surface area contributed by atoms with Crippen LogP contribution in [0.1, 0.15) is 17.2 Å². The van der Waals surface area contributed by atoms with Crippen LogP contribution in [-0.2, 0) is 6.42 Å². The van der Waals surface area contributed by atoms with E-state index in [2.05, 4.69) is 15.9 Å². The first kappa shape index (κ1) is 14.4. The molecule has 2 N–H and O–H groups in total. The summed E-state index contributed by atoms with van der Waals surface area (Å²) in [5, 5.41) is 0.341. The van der Waals surface area contributed by atoms with Crippen molar-refractivity contribution in [1.82, 2.24) is 0 Å². The molecule has 2 aromatic carbocycles. The van der Waals surface area contributed by atoms with Crippen LogP contribution in [0.4, 0.5) is 8.78 Å². The van der Waals surface area contributed by atoms with E-state index >= 15 is 0 Å². The zero-order valence-corrected chi connectivity index (χ0v) is 12.2. The third-order valence-electron chi connectivity index (χ3n) is 2.82. The minimum absolute atomic E-state index is 0.331. The van der Waals surface area contributed by atoms with Gasteiger partial charge in [-0.1, -0.05) is 39.7 Å². The van der Waals surface area contributed by atoms with E-state index in [0.717, 1.165) is 11.1 Å². The van der Waals surface area contributed by atoms with Crippen LogP contribution in [0.2, 0.25) is 5.02 Å². The Morgan fingerprint density at radius 3 is 2.37 bits per heavy atom. The van der Waals surface area contributed by atoms with Crippen LogP contribution >= 0.6 is 27.5 Å². The molecule has 0 saturated heterocycles. The molecule has 0 heterocycles. The summed E-state index contributed by atoms with van der Waals surface area (Å²) in [6.45, 7) is 0. The van der Waals surface area contributed by atoms with E-state index in [1.807, 2.05) is 0 Å². The summed E-state index contributed by atoms with van der Waals surface area (Å²) in [4.78, 5) is 0. The average molecular weight is 347 g/mol. The molecule has 0 spiro atoms. The topological polar surface area (TPSA) is 26.0 Å². The lowest BCUT2D eigenvalue weighted by molar-refractivity contribution is 0.621. The fourth-order valence-corrected chi connectivity index (χ4v) is 2.73. The van der Waals surface area contributed by atoms with Crippen molar-refractivity contribution in [2.24, 2.45) is 5.73 Å². The van der Waals surface area contributed by atoms with Gasteiger partial charge in [0.05, 0.1) is 0 Å². The van der Waals surface area contributed by atoms with Gasteiger partial charge in [0.2, 0.25) is 0 Å². The largest absolute Gasteiger partial charge is 0.324 e. The van der Waals surface area contributed by atoms with Crippen LogP contribution in [0.5, 0.6) is 0 Å². The first-order valence-corrected chi connectivity index (χ1v) is 6.79. The zero-order chi connectivity index (χ0) is 14.0. The number of rotatable bonds is 3. The lowest BCUT2D eigenvalue weighted by atomic mass is 9.99. The van der Waals surface area contributed by atoms with Crippen molar-refractivity contribution in [2.45, 2.75) is 12.5 Å². The summed E-state index contributed by atoms with van der Waals surface area (Å²) in [7, 11) is 0. The highest BCUT2D eigenvalue weighted by atomic mass is 79.9. The van der Waals surface area contributed by atoms with Gasteiger partial charge >= 0.3 is 0 Å². The molecule has 0 bridgehead atoms. The van der Waals surface area contributed by atoms with Crippen molar-refractivity contribution in [3.05, 3.63) is 68.7 Å². The molecular weight excluding hydrogens is 336 g/mol. The van der Waals surface area contributed by atoms with Gasteiger partial charge in [0.25, 0.3) is 0 Å². The van der Waals surface area contributed by atoms with E-state index in [1.54, 1.807) is 12.1 Å². The predicted octanol–water partition coefficient (Wildman–Crippen LogP) is 4.62. The molecule has 2 rings (SSSR count). The van der Waals surface area contributed by atoms with Gasteiger partial charge in [-0.2, -0.15) is 0 Å². The minimum atomic E-state index is -0.384. The molecule has 1 unspecified atom stereocenters. The number of hydrogen-bond donors (Lipinski definition) is 1. The Hall–Kier alpha value is -0.970. The highest BCUT2D eigenvalue weighted by molar-refractivity contribution is 9.10. The van der Waals surface area contributed by atoms with E-state index < -0.39 is 0 Å². The van der Waals surface area contributed by atoms with E-state index in [4.69, 9.17) is 17.3 Å². The van der Waals surface area contributed by atoms with Gasteiger partial charge in [0.1, 0.15) is 11.6 Å². The van der Waals surface area contributed by atoms with Gasteiger partial charge in [-0.15, -0.1) is 0 Å². The fraction of sp³-hybridized carbons (Fsp3) is 0.143. The van der Waals surface area contributed by atoms with Crippen molar-refractivity contribution in [1.29, 1.82) is 0 Å². The Balaban J connectivity index is 2.23. The van der Waals surface area contributed by atoms with Crippen LogP contribution < -0.4 is 5.73 Å². The Labute approximate surface area is 123 Å². The molecule has 2 aromatic rings.